The van der Waals surface area contributed by atoms with Crippen molar-refractivity contribution in [2.45, 2.75) is 25.1 Å². The van der Waals surface area contributed by atoms with Gasteiger partial charge in [0.15, 0.2) is 22.5 Å². The molecule has 1 amide bonds. The maximum absolute atomic E-state index is 13.8. The molecule has 1 aromatic heterocycles. The lowest BCUT2D eigenvalue weighted by atomic mass is 10.3. The van der Waals surface area contributed by atoms with E-state index in [0.29, 0.717) is 17.5 Å². The van der Waals surface area contributed by atoms with Gasteiger partial charge in [0.05, 0.1) is 5.75 Å². The monoisotopic (exact) mass is 400 g/mol. The number of aromatic nitrogens is 3. The van der Waals surface area contributed by atoms with Gasteiger partial charge in [0.1, 0.15) is 6.61 Å². The first-order valence-corrected chi connectivity index (χ1v) is 9.94. The Morgan fingerprint density at radius 1 is 1.14 bits per heavy atom. The van der Waals surface area contributed by atoms with Crippen LogP contribution in [0.5, 0.6) is 5.75 Å². The Bertz CT molecular complexity index is 918. The quantitative estimate of drug-likeness (QED) is 0.556. The number of carbonyl (C=O) groups is 1. The smallest absolute Gasteiger partial charge is 0.230 e. The highest BCUT2D eigenvalue weighted by Crippen LogP contribution is 2.23. The third-order valence-electron chi connectivity index (χ3n) is 3.81. The topological polar surface area (TPSA) is 69.0 Å². The molecule has 28 heavy (non-hydrogen) atoms. The molecule has 0 unspecified atom stereocenters. The van der Waals surface area contributed by atoms with Gasteiger partial charge in [-0.1, -0.05) is 49.0 Å². The molecule has 0 fully saturated rings. The molecular formula is C20H21FN4O2S. The fourth-order valence-corrected chi connectivity index (χ4v) is 3.27. The first-order valence-electron chi connectivity index (χ1n) is 8.95. The number of thioether (sulfide) groups is 1. The molecule has 0 saturated heterocycles. The number of carbonyl (C=O) groups excluding carboxylic acids is 1. The number of ether oxygens (including phenoxy) is 1. The first-order chi connectivity index (χ1) is 13.7. The Morgan fingerprint density at radius 3 is 2.64 bits per heavy atom. The van der Waals surface area contributed by atoms with E-state index in [2.05, 4.69) is 15.5 Å². The zero-order chi connectivity index (χ0) is 19.8. The Balaban J connectivity index is 1.79. The summed E-state index contributed by atoms with van der Waals surface area (Å²) in [6.45, 7) is 2.69. The van der Waals surface area contributed by atoms with Crippen molar-refractivity contribution in [1.29, 1.82) is 0 Å². The van der Waals surface area contributed by atoms with Crippen LogP contribution >= 0.6 is 11.8 Å². The molecule has 6 nitrogen and oxygen atoms in total. The summed E-state index contributed by atoms with van der Waals surface area (Å²) in [5.41, 5.74) is 0.844. The second-order valence-electron chi connectivity index (χ2n) is 5.93. The maximum Gasteiger partial charge on any atom is 0.230 e. The van der Waals surface area contributed by atoms with Crippen molar-refractivity contribution in [3.8, 4) is 11.4 Å². The Hall–Kier alpha value is -2.87. The maximum atomic E-state index is 13.8. The normalized spacial score (nSPS) is 10.6. The minimum Gasteiger partial charge on any atom is -0.483 e. The standard InChI is InChI=1S/C20H21FN4O2S/c1-2-12-22-19(26)14-28-20-24-23-18(25(20)15-8-4-3-5-9-15)13-27-17-11-7-6-10-16(17)21/h3-11H,2,12-14H2,1H3,(H,22,26). The summed E-state index contributed by atoms with van der Waals surface area (Å²) >= 11 is 1.29. The van der Waals surface area contributed by atoms with E-state index in [9.17, 15) is 9.18 Å². The van der Waals surface area contributed by atoms with Gasteiger partial charge < -0.3 is 10.1 Å². The van der Waals surface area contributed by atoms with E-state index in [-0.39, 0.29) is 24.0 Å². The van der Waals surface area contributed by atoms with Crippen molar-refractivity contribution in [2.75, 3.05) is 12.3 Å². The SMILES string of the molecule is CCCNC(=O)CSc1nnc(COc2ccccc2F)n1-c1ccccc1. The van der Waals surface area contributed by atoms with Crippen molar-refractivity contribution in [1.82, 2.24) is 20.1 Å². The second kappa shape index (κ2) is 9.89. The summed E-state index contributed by atoms with van der Waals surface area (Å²) < 4.78 is 21.2. The van der Waals surface area contributed by atoms with Crippen LogP contribution < -0.4 is 10.1 Å². The van der Waals surface area contributed by atoms with Crippen molar-refractivity contribution >= 4 is 17.7 Å². The number of hydrogen-bond donors (Lipinski definition) is 1. The van der Waals surface area contributed by atoms with Crippen LogP contribution in [0.4, 0.5) is 4.39 Å². The average molecular weight is 400 g/mol. The molecule has 0 spiro atoms. The van der Waals surface area contributed by atoms with Gasteiger partial charge in [0, 0.05) is 12.2 Å². The first kappa shape index (κ1) is 19.9. The van der Waals surface area contributed by atoms with Crippen LogP contribution in [-0.2, 0) is 11.4 Å². The minimum atomic E-state index is -0.435. The van der Waals surface area contributed by atoms with E-state index in [1.807, 2.05) is 41.8 Å². The molecule has 1 N–H and O–H groups in total. The van der Waals surface area contributed by atoms with Gasteiger partial charge in [-0.3, -0.25) is 9.36 Å². The zero-order valence-electron chi connectivity index (χ0n) is 15.5. The van der Waals surface area contributed by atoms with Gasteiger partial charge in [0.2, 0.25) is 5.91 Å². The lowest BCUT2D eigenvalue weighted by Gasteiger charge is -2.11. The zero-order valence-corrected chi connectivity index (χ0v) is 16.3. The third-order valence-corrected chi connectivity index (χ3v) is 4.74. The van der Waals surface area contributed by atoms with E-state index in [1.54, 1.807) is 18.2 Å². The van der Waals surface area contributed by atoms with Crippen LogP contribution in [-0.4, -0.2) is 33.0 Å². The van der Waals surface area contributed by atoms with Gasteiger partial charge in [-0.15, -0.1) is 10.2 Å². The van der Waals surface area contributed by atoms with E-state index in [0.717, 1.165) is 12.1 Å². The van der Waals surface area contributed by atoms with Crippen LogP contribution in [0.1, 0.15) is 19.2 Å². The Morgan fingerprint density at radius 2 is 1.89 bits per heavy atom. The summed E-state index contributed by atoms with van der Waals surface area (Å²) in [6.07, 6.45) is 0.883. The second-order valence-corrected chi connectivity index (χ2v) is 6.87. The molecule has 8 heteroatoms. The highest BCUT2D eigenvalue weighted by Gasteiger charge is 2.16. The molecule has 0 saturated carbocycles. The average Bonchev–Trinajstić information content (AvgIpc) is 3.13. The highest BCUT2D eigenvalue weighted by molar-refractivity contribution is 7.99. The number of hydrogen-bond acceptors (Lipinski definition) is 5. The van der Waals surface area contributed by atoms with E-state index < -0.39 is 5.82 Å². The van der Waals surface area contributed by atoms with E-state index in [4.69, 9.17) is 4.74 Å². The number of nitrogens with zero attached hydrogens (tertiary/aromatic N) is 3. The minimum absolute atomic E-state index is 0.0470. The Kier molecular flexibility index (Phi) is 7.02. The molecule has 0 bridgehead atoms. The van der Waals surface area contributed by atoms with Gasteiger partial charge in [-0.25, -0.2) is 4.39 Å². The number of halogens is 1. The van der Waals surface area contributed by atoms with Crippen LogP contribution in [0, 0.1) is 5.82 Å². The van der Waals surface area contributed by atoms with E-state index >= 15 is 0 Å². The summed E-state index contributed by atoms with van der Waals surface area (Å²) in [6, 6.07) is 15.8. The summed E-state index contributed by atoms with van der Waals surface area (Å²) in [4.78, 5) is 11.9. The summed E-state index contributed by atoms with van der Waals surface area (Å²) in [7, 11) is 0. The summed E-state index contributed by atoms with van der Waals surface area (Å²) in [5.74, 6) is 0.414. The fraction of sp³-hybridized carbons (Fsp3) is 0.250. The summed E-state index contributed by atoms with van der Waals surface area (Å²) in [5, 5.41) is 11.8. The number of nitrogens with one attached hydrogen (secondary N) is 1. The van der Waals surface area contributed by atoms with Gasteiger partial charge >= 0.3 is 0 Å². The molecule has 0 atom stereocenters. The molecule has 0 aliphatic rings. The molecule has 1 heterocycles. The molecule has 0 aliphatic heterocycles. The van der Waals surface area contributed by atoms with E-state index in [1.165, 1.54) is 17.8 Å². The molecular weight excluding hydrogens is 379 g/mol. The van der Waals surface area contributed by atoms with Crippen LogP contribution in [0.2, 0.25) is 0 Å². The van der Waals surface area contributed by atoms with Gasteiger partial charge in [-0.2, -0.15) is 0 Å². The van der Waals surface area contributed by atoms with Crippen molar-refractivity contribution < 1.29 is 13.9 Å². The number of amides is 1. The van der Waals surface area contributed by atoms with Crippen molar-refractivity contribution in [3.05, 3.63) is 66.2 Å². The van der Waals surface area contributed by atoms with Crippen molar-refractivity contribution in [2.24, 2.45) is 0 Å². The number of para-hydroxylation sites is 2. The van der Waals surface area contributed by atoms with Crippen LogP contribution in [0.25, 0.3) is 5.69 Å². The molecule has 3 aromatic rings. The molecule has 0 aliphatic carbocycles. The molecule has 2 aromatic carbocycles. The number of rotatable bonds is 9. The fourth-order valence-electron chi connectivity index (χ4n) is 2.47. The van der Waals surface area contributed by atoms with Crippen molar-refractivity contribution in [3.63, 3.8) is 0 Å². The number of benzene rings is 2. The lowest BCUT2D eigenvalue weighted by molar-refractivity contribution is -0.118. The third kappa shape index (κ3) is 5.10. The van der Waals surface area contributed by atoms with Crippen LogP contribution in [0.15, 0.2) is 59.8 Å². The lowest BCUT2D eigenvalue weighted by Crippen LogP contribution is -2.25. The van der Waals surface area contributed by atoms with Crippen LogP contribution in [0.3, 0.4) is 0 Å². The van der Waals surface area contributed by atoms with Gasteiger partial charge in [0.25, 0.3) is 0 Å². The highest BCUT2D eigenvalue weighted by atomic mass is 32.2. The molecule has 146 valence electrons. The predicted molar refractivity (Wildman–Crippen MR) is 106 cm³/mol. The molecule has 3 rings (SSSR count). The Labute approximate surface area is 167 Å². The molecule has 0 radical (unpaired) electrons. The van der Waals surface area contributed by atoms with Gasteiger partial charge in [-0.05, 0) is 30.7 Å². The largest absolute Gasteiger partial charge is 0.483 e. The predicted octanol–water partition coefficient (Wildman–Crippen LogP) is 3.60.